The molecule has 0 saturated carbocycles. The first-order valence-corrected chi connectivity index (χ1v) is 32.7. The van der Waals surface area contributed by atoms with Crippen LogP contribution in [0.1, 0.15) is 38.7 Å². The second-order valence-electron chi connectivity index (χ2n) is 24.4. The summed E-state index contributed by atoms with van der Waals surface area (Å²) >= 11 is 0. The Balaban J connectivity index is 1.09. The summed E-state index contributed by atoms with van der Waals surface area (Å²) in [6.45, 7) is 0. The molecule has 97 heavy (non-hydrogen) atoms. The number of rotatable bonds is 14. The minimum Gasteiger partial charge on any atom is -0.0622 e. The molecule has 0 nitrogen and oxygen atoms in total. The van der Waals surface area contributed by atoms with Crippen molar-refractivity contribution in [1.29, 1.82) is 0 Å². The fourth-order valence-electron chi connectivity index (χ4n) is 13.7. The minimum atomic E-state index is -1.59. The van der Waals surface area contributed by atoms with Gasteiger partial charge in [-0.15, -0.1) is 0 Å². The summed E-state index contributed by atoms with van der Waals surface area (Å²) in [7, 11) is 0. The molecule has 16 aromatic carbocycles. The molecule has 0 spiro atoms. The molecule has 17 rings (SSSR count). The van der Waals surface area contributed by atoms with E-state index in [1.807, 2.05) is 303 Å². The maximum atomic E-state index is 10.7. The van der Waals surface area contributed by atoms with Crippen LogP contribution in [0.2, 0.25) is 0 Å². The first-order valence-electron chi connectivity index (χ1n) is 38.7. The molecule has 0 bridgehead atoms. The highest BCUT2D eigenvalue weighted by Gasteiger charge is 2.47. The summed E-state index contributed by atoms with van der Waals surface area (Å²) in [4.78, 5) is 0. The molecule has 0 aliphatic heterocycles. The standard InChI is InChI=1S/C97H66/c1-9-29-67(30-10-1)75-49-76(68-31-11-2-12-32-68)54-83(53-75)87-61-88(84-55-77(69-33-13-3-14-34-69)50-78(56-84)70-35-15-4-16-36-70)64-91(63-87)97(95-47-27-25-45-93(95)94-46-26-28-48-96(94)97)92-65-89(85-57-79(71-37-17-5-18-38-71)51-80(58-85)72-39-19-6-20-40-72)62-90(66-92)86-59-81(73-41-21-7-22-42-73)52-82(60-86)74-43-23-8-24-44-74/h1-66H/i49D,50D,51D,52D,53D,54D,55D,56D,57D,58D,59D,60D. The van der Waals surface area contributed by atoms with Crippen LogP contribution >= 0.6 is 0 Å². The van der Waals surface area contributed by atoms with Gasteiger partial charge in [-0.1, -0.05) is 291 Å². The van der Waals surface area contributed by atoms with Crippen LogP contribution in [0.5, 0.6) is 0 Å². The van der Waals surface area contributed by atoms with Crippen LogP contribution < -0.4 is 0 Å². The van der Waals surface area contributed by atoms with Gasteiger partial charge in [0.1, 0.15) is 0 Å². The summed E-state index contributed by atoms with van der Waals surface area (Å²) < 4.78 is 126. The lowest BCUT2D eigenvalue weighted by atomic mass is 9.66. The molecule has 0 fully saturated rings. The monoisotopic (exact) mass is 1240 g/mol. The Morgan fingerprint density at radius 1 is 0.144 bits per heavy atom. The van der Waals surface area contributed by atoms with Gasteiger partial charge >= 0.3 is 0 Å². The van der Waals surface area contributed by atoms with Crippen LogP contribution in [0.4, 0.5) is 0 Å². The van der Waals surface area contributed by atoms with E-state index < -0.39 is 5.41 Å². The number of benzene rings is 16. The van der Waals surface area contributed by atoms with Crippen LogP contribution in [0.25, 0.3) is 145 Å². The van der Waals surface area contributed by atoms with Gasteiger partial charge in [-0.2, -0.15) is 0 Å². The average Bonchev–Trinajstić information content (AvgIpc) is 1.61. The molecule has 0 aromatic heterocycles. The van der Waals surface area contributed by atoms with Gasteiger partial charge in [-0.05, 0) is 276 Å². The Labute approximate surface area is 586 Å². The predicted molar refractivity (Wildman–Crippen MR) is 409 cm³/mol. The van der Waals surface area contributed by atoms with Gasteiger partial charge in [0.2, 0.25) is 0 Å². The number of hydrogen-bond acceptors (Lipinski definition) is 0. The highest BCUT2D eigenvalue weighted by molar-refractivity contribution is 5.93. The van der Waals surface area contributed by atoms with Crippen molar-refractivity contribution >= 4 is 0 Å². The third kappa shape index (κ3) is 11.3. The summed E-state index contributed by atoms with van der Waals surface area (Å²) in [6, 6.07) is 101. The molecule has 0 heteroatoms. The molecule has 454 valence electrons. The molecular formula is C97H66. The Morgan fingerprint density at radius 3 is 0.485 bits per heavy atom. The first kappa shape index (κ1) is 46.6. The molecule has 16 aromatic rings. The van der Waals surface area contributed by atoms with Crippen LogP contribution in [0.3, 0.4) is 0 Å². The molecule has 0 amide bonds. The molecule has 0 radical (unpaired) electrons. The van der Waals surface area contributed by atoms with Crippen molar-refractivity contribution in [2.75, 3.05) is 0 Å². The van der Waals surface area contributed by atoms with Crippen molar-refractivity contribution in [3.8, 4) is 145 Å². The lowest BCUT2D eigenvalue weighted by Gasteiger charge is -2.35. The largest absolute Gasteiger partial charge is 0.0714 e. The maximum Gasteiger partial charge on any atom is 0.0714 e. The van der Waals surface area contributed by atoms with Crippen molar-refractivity contribution in [1.82, 2.24) is 0 Å². The van der Waals surface area contributed by atoms with Gasteiger partial charge in [0.15, 0.2) is 0 Å². The second kappa shape index (κ2) is 25.4. The van der Waals surface area contributed by atoms with E-state index in [0.29, 0.717) is 77.9 Å². The van der Waals surface area contributed by atoms with E-state index >= 15 is 0 Å². The van der Waals surface area contributed by atoms with Crippen molar-refractivity contribution < 1.29 is 16.4 Å². The van der Waals surface area contributed by atoms with Crippen molar-refractivity contribution in [3.05, 3.63) is 422 Å². The highest BCUT2D eigenvalue weighted by atomic mass is 14.5. The fraction of sp³-hybridized carbons (Fsp3) is 0.0103. The van der Waals surface area contributed by atoms with E-state index in [0.717, 1.165) is 22.3 Å². The molecule has 0 heterocycles. The smallest absolute Gasteiger partial charge is 0.0622 e. The van der Waals surface area contributed by atoms with E-state index in [1.54, 1.807) is 0 Å². The lowest BCUT2D eigenvalue weighted by Crippen LogP contribution is -2.29. The maximum absolute atomic E-state index is 10.7. The van der Waals surface area contributed by atoms with Gasteiger partial charge in [0.05, 0.1) is 21.9 Å². The first-order chi connectivity index (χ1) is 53.1. The van der Waals surface area contributed by atoms with Gasteiger partial charge in [0, 0.05) is 0 Å². The second-order valence-corrected chi connectivity index (χ2v) is 24.4. The summed E-state index contributed by atoms with van der Waals surface area (Å²) in [5.41, 5.74) is 11.5. The Morgan fingerprint density at radius 2 is 0.299 bits per heavy atom. The van der Waals surface area contributed by atoms with Crippen molar-refractivity contribution in [3.63, 3.8) is 0 Å². The van der Waals surface area contributed by atoms with Gasteiger partial charge in [-0.25, -0.2) is 0 Å². The fourth-order valence-corrected chi connectivity index (χ4v) is 13.7. The molecule has 0 saturated heterocycles. The molecule has 1 aliphatic rings. The summed E-state index contributed by atoms with van der Waals surface area (Å²) in [5, 5.41) is 0. The van der Waals surface area contributed by atoms with E-state index in [-0.39, 0.29) is 139 Å². The van der Waals surface area contributed by atoms with E-state index in [1.165, 1.54) is 0 Å². The number of fused-ring (bicyclic) bond motifs is 3. The molecule has 0 N–H and O–H groups in total. The van der Waals surface area contributed by atoms with Crippen LogP contribution in [-0.2, 0) is 5.41 Å². The van der Waals surface area contributed by atoms with Gasteiger partial charge in [0.25, 0.3) is 0 Å². The SMILES string of the molecule is [2H]c1c(-c2ccccc2)c([2H])c(-c2cc(-c3c([2H])c(-c4ccccc4)c([2H])c(-c4ccccc4)c3[2H])cc(C3(c4cc(-c5c([2H])c(-c6ccccc6)c([2H])c(-c6ccccc6)c5[2H])cc(-c5c([2H])c(-c6ccccc6)c([2H])c(-c6ccccc6)c5[2H])c4)c4ccccc4-c4ccccc43)c2)c([2H])c1-c1ccccc1. The van der Waals surface area contributed by atoms with Gasteiger partial charge in [-0.3, -0.25) is 0 Å². The zero-order chi connectivity index (χ0) is 74.9. The molecular weight excluding hydrogens is 1170 g/mol. The normalized spacial score (nSPS) is 13.7. The lowest BCUT2D eigenvalue weighted by molar-refractivity contribution is 0.770. The summed E-state index contributed by atoms with van der Waals surface area (Å²) in [5.74, 6) is 0. The predicted octanol–water partition coefficient (Wildman–Crippen LogP) is 26.1. The van der Waals surface area contributed by atoms with Crippen LogP contribution in [0.15, 0.2) is 400 Å². The molecule has 0 atom stereocenters. The zero-order valence-corrected chi connectivity index (χ0v) is 52.7. The third-order valence-electron chi connectivity index (χ3n) is 18.3. The Bertz CT molecular complexity index is 5280. The van der Waals surface area contributed by atoms with E-state index in [2.05, 4.69) is 24.3 Å². The van der Waals surface area contributed by atoms with Crippen LogP contribution in [-0.4, -0.2) is 0 Å². The van der Waals surface area contributed by atoms with Crippen molar-refractivity contribution in [2.24, 2.45) is 0 Å². The average molecular weight is 1240 g/mol. The Kier molecular flexibility index (Phi) is 12.2. The quantitative estimate of drug-likeness (QED) is 0.102. The van der Waals surface area contributed by atoms with E-state index in [9.17, 15) is 16.4 Å². The zero-order valence-electron chi connectivity index (χ0n) is 64.7. The third-order valence-corrected chi connectivity index (χ3v) is 18.3. The number of hydrogen-bond donors (Lipinski definition) is 0. The molecule has 0 unspecified atom stereocenters. The summed E-state index contributed by atoms with van der Waals surface area (Å²) in [6.07, 6.45) is 0. The topological polar surface area (TPSA) is 0 Å². The van der Waals surface area contributed by atoms with Crippen LogP contribution in [0, 0.1) is 0 Å². The highest BCUT2D eigenvalue weighted by Crippen LogP contribution is 2.58. The van der Waals surface area contributed by atoms with E-state index in [4.69, 9.17) is 0 Å². The Hall–Kier alpha value is -12.5. The molecule has 1 aliphatic carbocycles. The van der Waals surface area contributed by atoms with Gasteiger partial charge < -0.3 is 0 Å². The van der Waals surface area contributed by atoms with Crippen molar-refractivity contribution in [2.45, 2.75) is 5.41 Å². The minimum absolute atomic E-state index is 0.0152.